The first-order chi connectivity index (χ1) is 6.99. The molecule has 15 heavy (non-hydrogen) atoms. The molecule has 0 saturated carbocycles. The summed E-state index contributed by atoms with van der Waals surface area (Å²) in [6.45, 7) is 2.74. The maximum absolute atomic E-state index is 11.2. The third-order valence-electron chi connectivity index (χ3n) is 1.81. The third-order valence-corrected chi connectivity index (χ3v) is 2.72. The van der Waals surface area contributed by atoms with E-state index in [0.29, 0.717) is 12.2 Å². The third kappa shape index (κ3) is 3.01. The second kappa shape index (κ2) is 4.73. The van der Waals surface area contributed by atoms with E-state index in [2.05, 4.69) is 5.10 Å². The van der Waals surface area contributed by atoms with Crippen LogP contribution in [0.15, 0.2) is 11.1 Å². The molecule has 0 radical (unpaired) electrons. The number of ether oxygens (including phenoxy) is 1. The van der Waals surface area contributed by atoms with Crippen LogP contribution in [0.25, 0.3) is 0 Å². The molecule has 0 aliphatic heterocycles. The molecule has 6 nitrogen and oxygen atoms in total. The minimum Gasteiger partial charge on any atom is -0.378 e. The fourth-order valence-corrected chi connectivity index (χ4v) is 2.00. The molecule has 0 fully saturated rings. The van der Waals surface area contributed by atoms with Crippen molar-refractivity contribution in [1.29, 1.82) is 0 Å². The van der Waals surface area contributed by atoms with Crippen LogP contribution in [0.2, 0.25) is 0 Å². The van der Waals surface area contributed by atoms with Crippen molar-refractivity contribution in [2.24, 2.45) is 5.14 Å². The van der Waals surface area contributed by atoms with E-state index in [0.717, 1.165) is 6.42 Å². The molecule has 0 amide bonds. The average molecular weight is 233 g/mol. The highest BCUT2D eigenvalue weighted by Gasteiger charge is 2.16. The Hall–Kier alpha value is -0.920. The van der Waals surface area contributed by atoms with E-state index in [-0.39, 0.29) is 11.6 Å². The molecule has 0 aromatic carbocycles. The smallest absolute Gasteiger partial charge is 0.255 e. The Balaban J connectivity index is 3.11. The number of aromatic nitrogens is 2. The molecule has 1 heterocycles. The summed E-state index contributed by atoms with van der Waals surface area (Å²) in [6.07, 6.45) is 0.788. The monoisotopic (exact) mass is 233 g/mol. The van der Waals surface area contributed by atoms with Gasteiger partial charge in [0.1, 0.15) is 0 Å². The number of primary sulfonamides is 1. The van der Waals surface area contributed by atoms with Crippen LogP contribution in [0.1, 0.15) is 19.0 Å². The van der Waals surface area contributed by atoms with Gasteiger partial charge in [0.15, 0.2) is 5.03 Å². The Bertz CT molecular complexity index is 424. The topological polar surface area (TPSA) is 87.2 Å². The van der Waals surface area contributed by atoms with E-state index in [4.69, 9.17) is 9.88 Å². The molecule has 86 valence electrons. The molecule has 0 saturated heterocycles. The SMILES string of the molecule is CCCn1nc(COC)cc1S(N)(=O)=O. The number of hydrogen-bond acceptors (Lipinski definition) is 4. The Labute approximate surface area is 89.1 Å². The van der Waals surface area contributed by atoms with Gasteiger partial charge in [-0.15, -0.1) is 0 Å². The van der Waals surface area contributed by atoms with E-state index in [9.17, 15) is 8.42 Å². The van der Waals surface area contributed by atoms with Crippen LogP contribution in [0, 0.1) is 0 Å². The van der Waals surface area contributed by atoms with Gasteiger partial charge in [0, 0.05) is 19.7 Å². The summed E-state index contributed by atoms with van der Waals surface area (Å²) in [4.78, 5) is 0. The standard InChI is InChI=1S/C8H15N3O3S/c1-3-4-11-8(15(9,12)13)5-7(10-11)6-14-2/h5H,3-4,6H2,1-2H3,(H2,9,12,13). The van der Waals surface area contributed by atoms with E-state index in [1.54, 1.807) is 0 Å². The van der Waals surface area contributed by atoms with E-state index < -0.39 is 10.0 Å². The van der Waals surface area contributed by atoms with Gasteiger partial charge >= 0.3 is 0 Å². The maximum atomic E-state index is 11.2. The van der Waals surface area contributed by atoms with Crippen molar-refractivity contribution >= 4 is 10.0 Å². The Morgan fingerprint density at radius 2 is 2.27 bits per heavy atom. The molecule has 0 spiro atoms. The second-order valence-electron chi connectivity index (χ2n) is 3.18. The number of rotatable bonds is 5. The number of nitrogens with two attached hydrogens (primary N) is 1. The van der Waals surface area contributed by atoms with Crippen molar-refractivity contribution in [3.8, 4) is 0 Å². The van der Waals surface area contributed by atoms with Crippen molar-refractivity contribution < 1.29 is 13.2 Å². The zero-order chi connectivity index (χ0) is 11.5. The lowest BCUT2D eigenvalue weighted by atomic mass is 10.5. The number of methoxy groups -OCH3 is 1. The lowest BCUT2D eigenvalue weighted by Gasteiger charge is -2.02. The molecular formula is C8H15N3O3S. The van der Waals surface area contributed by atoms with Gasteiger partial charge < -0.3 is 4.74 Å². The first-order valence-electron chi connectivity index (χ1n) is 4.57. The van der Waals surface area contributed by atoms with Crippen LogP contribution < -0.4 is 5.14 Å². The van der Waals surface area contributed by atoms with Gasteiger partial charge in [0.05, 0.1) is 12.3 Å². The Kier molecular flexibility index (Phi) is 3.83. The highest BCUT2D eigenvalue weighted by atomic mass is 32.2. The minimum atomic E-state index is -3.71. The van der Waals surface area contributed by atoms with Crippen LogP contribution in [0.3, 0.4) is 0 Å². The van der Waals surface area contributed by atoms with Gasteiger partial charge in [-0.1, -0.05) is 6.92 Å². The number of aryl methyl sites for hydroxylation is 1. The zero-order valence-electron chi connectivity index (χ0n) is 8.80. The van der Waals surface area contributed by atoms with Crippen molar-refractivity contribution in [2.45, 2.75) is 31.5 Å². The summed E-state index contributed by atoms with van der Waals surface area (Å²) in [5.74, 6) is 0. The van der Waals surface area contributed by atoms with Crippen molar-refractivity contribution in [1.82, 2.24) is 9.78 Å². The Morgan fingerprint density at radius 3 is 2.73 bits per heavy atom. The highest BCUT2D eigenvalue weighted by Crippen LogP contribution is 2.11. The first kappa shape index (κ1) is 12.2. The minimum absolute atomic E-state index is 0.0383. The molecule has 1 rings (SSSR count). The largest absolute Gasteiger partial charge is 0.378 e. The van der Waals surface area contributed by atoms with E-state index in [1.807, 2.05) is 6.92 Å². The van der Waals surface area contributed by atoms with Crippen LogP contribution >= 0.6 is 0 Å². The van der Waals surface area contributed by atoms with Crippen LogP contribution in [-0.2, 0) is 27.9 Å². The fourth-order valence-electron chi connectivity index (χ4n) is 1.27. The molecule has 0 atom stereocenters. The molecule has 0 bridgehead atoms. The Morgan fingerprint density at radius 1 is 1.60 bits per heavy atom. The van der Waals surface area contributed by atoms with Gasteiger partial charge in [0.25, 0.3) is 10.0 Å². The summed E-state index contributed by atoms with van der Waals surface area (Å²) in [7, 11) is -2.18. The summed E-state index contributed by atoms with van der Waals surface area (Å²) >= 11 is 0. The zero-order valence-corrected chi connectivity index (χ0v) is 9.62. The lowest BCUT2D eigenvalue weighted by Crippen LogP contribution is -2.17. The normalized spacial score (nSPS) is 11.9. The first-order valence-corrected chi connectivity index (χ1v) is 6.12. The van der Waals surface area contributed by atoms with Gasteiger partial charge in [-0.3, -0.25) is 4.68 Å². The predicted octanol–water partition coefficient (Wildman–Crippen LogP) is 0.0869. The van der Waals surface area contributed by atoms with Crippen molar-refractivity contribution in [3.05, 3.63) is 11.8 Å². The summed E-state index contributed by atoms with van der Waals surface area (Å²) < 4.78 is 28.7. The lowest BCUT2D eigenvalue weighted by molar-refractivity contribution is 0.180. The van der Waals surface area contributed by atoms with Gasteiger partial charge in [-0.2, -0.15) is 5.10 Å². The maximum Gasteiger partial charge on any atom is 0.255 e. The van der Waals surface area contributed by atoms with E-state index in [1.165, 1.54) is 17.9 Å². The van der Waals surface area contributed by atoms with Crippen LogP contribution in [0.5, 0.6) is 0 Å². The predicted molar refractivity (Wildman–Crippen MR) is 54.6 cm³/mol. The molecule has 7 heteroatoms. The van der Waals surface area contributed by atoms with E-state index >= 15 is 0 Å². The molecule has 0 aliphatic carbocycles. The molecule has 2 N–H and O–H groups in total. The molecule has 1 aromatic rings. The quantitative estimate of drug-likeness (QED) is 0.780. The molecule has 0 aliphatic rings. The summed E-state index contributed by atoms with van der Waals surface area (Å²) in [6, 6.07) is 1.44. The molecule has 0 unspecified atom stereocenters. The average Bonchev–Trinajstić information content (AvgIpc) is 2.49. The van der Waals surface area contributed by atoms with Gasteiger partial charge in [0.2, 0.25) is 0 Å². The number of nitrogens with zero attached hydrogens (tertiary/aromatic N) is 2. The van der Waals surface area contributed by atoms with Gasteiger partial charge in [-0.05, 0) is 6.42 Å². The van der Waals surface area contributed by atoms with Crippen molar-refractivity contribution in [2.75, 3.05) is 7.11 Å². The highest BCUT2D eigenvalue weighted by molar-refractivity contribution is 7.89. The molecule has 1 aromatic heterocycles. The summed E-state index contributed by atoms with van der Waals surface area (Å²) in [5.41, 5.74) is 0.565. The summed E-state index contributed by atoms with van der Waals surface area (Å²) in [5, 5.41) is 9.19. The molecular weight excluding hydrogens is 218 g/mol. The van der Waals surface area contributed by atoms with Crippen LogP contribution in [0.4, 0.5) is 0 Å². The second-order valence-corrected chi connectivity index (χ2v) is 4.68. The number of hydrogen-bond donors (Lipinski definition) is 1. The van der Waals surface area contributed by atoms with Crippen LogP contribution in [-0.4, -0.2) is 25.3 Å². The van der Waals surface area contributed by atoms with Gasteiger partial charge in [-0.25, -0.2) is 13.6 Å². The number of sulfonamides is 1. The fraction of sp³-hybridized carbons (Fsp3) is 0.625. The van der Waals surface area contributed by atoms with Crippen molar-refractivity contribution in [3.63, 3.8) is 0 Å².